The van der Waals surface area contributed by atoms with E-state index in [2.05, 4.69) is 14.8 Å². The van der Waals surface area contributed by atoms with Crippen LogP contribution in [0.2, 0.25) is 0 Å². The third-order valence-electron chi connectivity index (χ3n) is 6.84. The van der Waals surface area contributed by atoms with Crippen molar-refractivity contribution in [2.24, 2.45) is 0 Å². The van der Waals surface area contributed by atoms with Crippen LogP contribution in [0, 0.1) is 5.82 Å². The number of piperidine rings is 1. The van der Waals surface area contributed by atoms with E-state index >= 15 is 0 Å². The summed E-state index contributed by atoms with van der Waals surface area (Å²) < 4.78 is 21.3. The highest BCUT2D eigenvalue weighted by molar-refractivity contribution is 5.65. The van der Waals surface area contributed by atoms with Gasteiger partial charge in [0.05, 0.1) is 5.69 Å². The van der Waals surface area contributed by atoms with Gasteiger partial charge in [0.15, 0.2) is 5.82 Å². The zero-order valence-corrected chi connectivity index (χ0v) is 20.3. The molecule has 1 N–H and O–H groups in total. The molecule has 1 atom stereocenters. The predicted octanol–water partition coefficient (Wildman–Crippen LogP) is 3.64. The molecule has 10 heteroatoms. The molecule has 2 saturated heterocycles. The van der Waals surface area contributed by atoms with Crippen LogP contribution < -0.4 is 9.64 Å². The number of hydrogen-bond donors (Lipinski definition) is 1. The third kappa shape index (κ3) is 5.43. The second-order valence-electron chi connectivity index (χ2n) is 9.42. The first kappa shape index (κ1) is 24.1. The van der Waals surface area contributed by atoms with E-state index in [4.69, 9.17) is 9.84 Å². The fourth-order valence-electron chi connectivity index (χ4n) is 5.00. The topological polar surface area (TPSA) is 87.0 Å². The Morgan fingerprint density at radius 1 is 1.14 bits per heavy atom. The van der Waals surface area contributed by atoms with Gasteiger partial charge in [0.2, 0.25) is 0 Å². The average Bonchev–Trinajstić information content (AvgIpc) is 3.33. The van der Waals surface area contributed by atoms with Crippen molar-refractivity contribution in [2.75, 3.05) is 37.6 Å². The molecule has 36 heavy (non-hydrogen) atoms. The number of carboxylic acid groups (broad SMARTS) is 1. The van der Waals surface area contributed by atoms with Crippen molar-refractivity contribution in [1.82, 2.24) is 24.6 Å². The first-order valence-electron chi connectivity index (χ1n) is 12.4. The Morgan fingerprint density at radius 3 is 2.72 bits per heavy atom. The molecule has 2 aromatic heterocycles. The lowest BCUT2D eigenvalue weighted by atomic mass is 10.1. The quantitative estimate of drug-likeness (QED) is 0.560. The standard InChI is InChI=1S/C26H31FN6O3/c1-19-17-30(14-15-32(19)26(34)35)18-21-7-13-33(29-21)24-6-3-10-28-25(24)31-11-8-22(9-12-31)36-23-5-2-4-20(27)16-23/h2-7,10,13,16,19,22H,8-9,11-12,14-15,17-18H2,1H3,(H,34,35)/t19-/m0/s1. The number of ether oxygens (including phenoxy) is 1. The van der Waals surface area contributed by atoms with Crippen LogP contribution in [0.5, 0.6) is 5.75 Å². The van der Waals surface area contributed by atoms with E-state index in [0.29, 0.717) is 31.9 Å². The number of rotatable bonds is 6. The minimum atomic E-state index is -0.861. The second-order valence-corrected chi connectivity index (χ2v) is 9.42. The lowest BCUT2D eigenvalue weighted by Gasteiger charge is -2.37. The summed E-state index contributed by atoms with van der Waals surface area (Å²) >= 11 is 0. The van der Waals surface area contributed by atoms with Crippen LogP contribution in [-0.4, -0.2) is 80.6 Å². The van der Waals surface area contributed by atoms with Gasteiger partial charge in [-0.3, -0.25) is 4.90 Å². The van der Waals surface area contributed by atoms with Gasteiger partial charge in [-0.2, -0.15) is 5.10 Å². The van der Waals surface area contributed by atoms with Crippen molar-refractivity contribution in [2.45, 2.75) is 38.5 Å². The summed E-state index contributed by atoms with van der Waals surface area (Å²) in [5.41, 5.74) is 1.85. The molecule has 9 nitrogen and oxygen atoms in total. The maximum atomic E-state index is 13.5. The van der Waals surface area contributed by atoms with E-state index in [1.807, 2.05) is 36.0 Å². The van der Waals surface area contributed by atoms with Gasteiger partial charge in [-0.25, -0.2) is 18.9 Å². The molecule has 4 heterocycles. The van der Waals surface area contributed by atoms with E-state index in [0.717, 1.165) is 43.1 Å². The number of piperazine rings is 1. The van der Waals surface area contributed by atoms with Crippen LogP contribution in [0.3, 0.4) is 0 Å². The van der Waals surface area contributed by atoms with E-state index in [-0.39, 0.29) is 18.0 Å². The van der Waals surface area contributed by atoms with E-state index < -0.39 is 6.09 Å². The summed E-state index contributed by atoms with van der Waals surface area (Å²) in [6, 6.07) is 12.2. The van der Waals surface area contributed by atoms with Crippen molar-refractivity contribution in [3.8, 4) is 11.4 Å². The number of benzene rings is 1. The molecule has 1 aromatic carbocycles. The summed E-state index contributed by atoms with van der Waals surface area (Å²) in [5.74, 6) is 1.15. The van der Waals surface area contributed by atoms with Gasteiger partial charge in [-0.05, 0) is 37.3 Å². The van der Waals surface area contributed by atoms with Crippen molar-refractivity contribution in [3.05, 3.63) is 66.4 Å². The number of halogens is 1. The summed E-state index contributed by atoms with van der Waals surface area (Å²) in [4.78, 5) is 22.0. The van der Waals surface area contributed by atoms with E-state index in [1.54, 1.807) is 18.3 Å². The normalized spacial score (nSPS) is 19.4. The number of nitrogens with zero attached hydrogens (tertiary/aromatic N) is 6. The summed E-state index contributed by atoms with van der Waals surface area (Å²) in [6.07, 6.45) is 4.55. The lowest BCUT2D eigenvalue weighted by molar-refractivity contribution is 0.0706. The fraction of sp³-hybridized carbons (Fsp3) is 0.423. The monoisotopic (exact) mass is 494 g/mol. The molecule has 1 amide bonds. The zero-order valence-electron chi connectivity index (χ0n) is 20.3. The minimum Gasteiger partial charge on any atom is -0.490 e. The van der Waals surface area contributed by atoms with Crippen LogP contribution in [0.15, 0.2) is 54.9 Å². The highest BCUT2D eigenvalue weighted by Gasteiger charge is 2.28. The molecule has 5 rings (SSSR count). The summed E-state index contributed by atoms with van der Waals surface area (Å²) in [7, 11) is 0. The van der Waals surface area contributed by atoms with Gasteiger partial charge in [0.1, 0.15) is 23.4 Å². The van der Waals surface area contributed by atoms with Crippen LogP contribution in [-0.2, 0) is 6.54 Å². The van der Waals surface area contributed by atoms with Crippen molar-refractivity contribution >= 4 is 11.9 Å². The highest BCUT2D eigenvalue weighted by Crippen LogP contribution is 2.27. The molecule has 0 bridgehead atoms. The molecule has 3 aromatic rings. The molecule has 0 unspecified atom stereocenters. The maximum Gasteiger partial charge on any atom is 0.407 e. The van der Waals surface area contributed by atoms with Crippen molar-refractivity contribution in [3.63, 3.8) is 0 Å². The Labute approximate surface area is 209 Å². The number of hydrogen-bond acceptors (Lipinski definition) is 6. The minimum absolute atomic E-state index is 0.0375. The number of pyridine rings is 1. The van der Waals surface area contributed by atoms with Crippen LogP contribution >= 0.6 is 0 Å². The van der Waals surface area contributed by atoms with Gasteiger partial charge >= 0.3 is 6.09 Å². The summed E-state index contributed by atoms with van der Waals surface area (Å²) in [5, 5.41) is 14.1. The van der Waals surface area contributed by atoms with Crippen LogP contribution in [0.1, 0.15) is 25.5 Å². The molecule has 0 aliphatic carbocycles. The zero-order chi connectivity index (χ0) is 25.1. The van der Waals surface area contributed by atoms with Gasteiger partial charge in [0.25, 0.3) is 0 Å². The van der Waals surface area contributed by atoms with Crippen LogP contribution in [0.4, 0.5) is 15.0 Å². The molecule has 0 saturated carbocycles. The summed E-state index contributed by atoms with van der Waals surface area (Å²) in [6.45, 7) is 6.05. The van der Waals surface area contributed by atoms with Gasteiger partial charge < -0.3 is 19.6 Å². The molecule has 2 aliphatic rings. The number of amides is 1. The van der Waals surface area contributed by atoms with Gasteiger partial charge in [0, 0.05) is 76.6 Å². The first-order chi connectivity index (χ1) is 17.5. The average molecular weight is 495 g/mol. The highest BCUT2D eigenvalue weighted by atomic mass is 19.1. The Kier molecular flexibility index (Phi) is 7.04. The maximum absolute atomic E-state index is 13.5. The van der Waals surface area contributed by atoms with Crippen molar-refractivity contribution in [1.29, 1.82) is 0 Å². The van der Waals surface area contributed by atoms with Gasteiger partial charge in [-0.15, -0.1) is 0 Å². The Morgan fingerprint density at radius 2 is 1.97 bits per heavy atom. The molecule has 190 valence electrons. The SMILES string of the molecule is C[C@H]1CN(Cc2ccn(-c3cccnc3N3CCC(Oc4cccc(F)c4)CC3)n2)CCN1C(=O)O. The largest absolute Gasteiger partial charge is 0.490 e. The molecular formula is C26H31FN6O3. The Balaban J connectivity index is 1.22. The Hall–Kier alpha value is -3.66. The molecular weight excluding hydrogens is 463 g/mol. The predicted molar refractivity (Wildman–Crippen MR) is 133 cm³/mol. The Bertz CT molecular complexity index is 1200. The molecule has 0 spiro atoms. The molecule has 0 radical (unpaired) electrons. The third-order valence-corrected chi connectivity index (χ3v) is 6.84. The van der Waals surface area contributed by atoms with Crippen molar-refractivity contribution < 1.29 is 19.0 Å². The second kappa shape index (κ2) is 10.5. The fourth-order valence-corrected chi connectivity index (χ4v) is 5.00. The van der Waals surface area contributed by atoms with Gasteiger partial charge in [-0.1, -0.05) is 6.07 Å². The number of carbonyl (C=O) groups is 1. The smallest absolute Gasteiger partial charge is 0.407 e. The molecule has 2 aliphatic heterocycles. The first-order valence-corrected chi connectivity index (χ1v) is 12.4. The van der Waals surface area contributed by atoms with E-state index in [9.17, 15) is 14.3 Å². The number of anilines is 1. The van der Waals surface area contributed by atoms with Crippen LogP contribution in [0.25, 0.3) is 5.69 Å². The molecule has 2 fully saturated rings. The number of aromatic nitrogens is 3. The van der Waals surface area contributed by atoms with E-state index in [1.165, 1.54) is 17.0 Å². The lowest BCUT2D eigenvalue weighted by Crippen LogP contribution is -2.53.